The molecule has 9 rings (SSSR count). The summed E-state index contributed by atoms with van der Waals surface area (Å²) in [4.78, 5) is 0. The molecule has 0 N–H and O–H groups in total. The molecule has 0 aliphatic heterocycles. The van der Waals surface area contributed by atoms with Crippen LogP contribution in [0.1, 0.15) is 111 Å². The Morgan fingerprint density at radius 2 is 1.18 bits per heavy atom. The molecule has 282 valence electrons. The van der Waals surface area contributed by atoms with Gasteiger partial charge in [0.2, 0.25) is 0 Å². The van der Waals surface area contributed by atoms with E-state index in [1.54, 1.807) is 0 Å². The molecule has 1 unspecified atom stereocenters. The molecular weight excluding hydrogens is 673 g/mol. The second-order valence-electron chi connectivity index (χ2n) is 16.3. The summed E-state index contributed by atoms with van der Waals surface area (Å²) in [5.41, 5.74) is 24.2. The highest BCUT2D eigenvalue weighted by atomic mass is 14.5. The molecule has 56 heavy (non-hydrogen) atoms. The molecule has 1 spiro atoms. The molecule has 0 heteroatoms. The van der Waals surface area contributed by atoms with Gasteiger partial charge in [0.05, 0.1) is 5.41 Å². The van der Waals surface area contributed by atoms with E-state index in [1.165, 1.54) is 94.6 Å². The van der Waals surface area contributed by atoms with E-state index in [1.807, 2.05) is 6.07 Å². The zero-order valence-corrected chi connectivity index (χ0v) is 35.1. The van der Waals surface area contributed by atoms with Gasteiger partial charge < -0.3 is 0 Å². The molecule has 0 saturated carbocycles. The lowest BCUT2D eigenvalue weighted by atomic mass is 9.68. The Morgan fingerprint density at radius 1 is 0.571 bits per heavy atom. The highest BCUT2D eigenvalue weighted by Gasteiger charge is 2.53. The Hall–Kier alpha value is -5.46. The van der Waals surface area contributed by atoms with Gasteiger partial charge in [-0.15, -0.1) is 0 Å². The Balaban J connectivity index is 0.000000141. The van der Waals surface area contributed by atoms with E-state index in [4.69, 9.17) is 0 Å². The standard InChI is InChI=1S/C27H26.C16H20.C13H12/c1-4-10-23-19(5-2)20-11-6-8-13-24(20)27(23)25-14-9-7-12-21(25)22-16-15-18(3)17-26(22)27;1-6-7-13-12(3)16(4,5)15-10-11(2)8-9-14(13)15;1-11-7-5-6-10-13(11)12-8-3-2-4-9-12/h4,6,8,10-17H,5,7,9H2,1-3H3;6-10H,1-5H3;2-10H,1H3/b10-4-;7-6-;. The summed E-state index contributed by atoms with van der Waals surface area (Å²) in [5, 5.41) is 0. The quantitative estimate of drug-likeness (QED) is 0.173. The molecule has 5 aromatic carbocycles. The lowest BCUT2D eigenvalue weighted by molar-refractivity contribution is 0.638. The minimum Gasteiger partial charge on any atom is -0.0873 e. The third kappa shape index (κ3) is 6.54. The van der Waals surface area contributed by atoms with Gasteiger partial charge in [0, 0.05) is 5.41 Å². The Bertz CT molecular complexity index is 2470. The lowest BCUT2D eigenvalue weighted by Gasteiger charge is -2.33. The average molecular weight is 731 g/mol. The molecule has 0 fully saturated rings. The van der Waals surface area contributed by atoms with Crippen molar-refractivity contribution in [1.29, 1.82) is 0 Å². The molecule has 0 saturated heterocycles. The van der Waals surface area contributed by atoms with Crippen LogP contribution in [0.15, 0.2) is 168 Å². The maximum Gasteiger partial charge on any atom is 0.0719 e. The fourth-order valence-electron chi connectivity index (χ4n) is 9.62. The molecule has 5 aromatic rings. The van der Waals surface area contributed by atoms with Crippen molar-refractivity contribution in [1.82, 2.24) is 0 Å². The van der Waals surface area contributed by atoms with Crippen molar-refractivity contribution in [2.45, 2.75) is 92.4 Å². The summed E-state index contributed by atoms with van der Waals surface area (Å²) >= 11 is 0. The minimum atomic E-state index is -0.137. The van der Waals surface area contributed by atoms with Crippen LogP contribution in [0, 0.1) is 20.8 Å². The molecule has 0 bridgehead atoms. The monoisotopic (exact) mass is 730 g/mol. The maximum absolute atomic E-state index is 2.52. The van der Waals surface area contributed by atoms with Crippen molar-refractivity contribution in [2.75, 3.05) is 0 Å². The highest BCUT2D eigenvalue weighted by Crippen LogP contribution is 2.64. The molecular formula is C56H58. The first-order valence-electron chi connectivity index (χ1n) is 20.6. The minimum absolute atomic E-state index is 0.137. The van der Waals surface area contributed by atoms with Gasteiger partial charge in [0.15, 0.2) is 0 Å². The second kappa shape index (κ2) is 16.0. The zero-order chi connectivity index (χ0) is 39.6. The highest BCUT2D eigenvalue weighted by molar-refractivity contribution is 6.00. The largest absolute Gasteiger partial charge is 0.0873 e. The normalized spacial score (nSPS) is 18.5. The van der Waals surface area contributed by atoms with Crippen molar-refractivity contribution in [2.24, 2.45) is 0 Å². The predicted octanol–water partition coefficient (Wildman–Crippen LogP) is 15.4. The predicted molar refractivity (Wildman–Crippen MR) is 244 cm³/mol. The fraction of sp³-hybridized carbons (Fsp3) is 0.250. The van der Waals surface area contributed by atoms with Crippen LogP contribution in [0.5, 0.6) is 0 Å². The van der Waals surface area contributed by atoms with E-state index in [9.17, 15) is 0 Å². The first-order valence-corrected chi connectivity index (χ1v) is 20.6. The summed E-state index contributed by atoms with van der Waals surface area (Å²) in [7, 11) is 0. The Kier molecular flexibility index (Phi) is 11.1. The van der Waals surface area contributed by atoms with Crippen molar-refractivity contribution in [3.63, 3.8) is 0 Å². The van der Waals surface area contributed by atoms with E-state index in [-0.39, 0.29) is 10.8 Å². The van der Waals surface area contributed by atoms with Gasteiger partial charge in [-0.1, -0.05) is 189 Å². The first-order chi connectivity index (χ1) is 27.1. The molecule has 1 atom stereocenters. The van der Waals surface area contributed by atoms with Crippen LogP contribution in [0.4, 0.5) is 0 Å². The molecule has 4 aliphatic carbocycles. The van der Waals surface area contributed by atoms with Crippen LogP contribution in [0.25, 0.3) is 27.8 Å². The van der Waals surface area contributed by atoms with Gasteiger partial charge in [-0.05, 0) is 139 Å². The third-order valence-corrected chi connectivity index (χ3v) is 12.5. The van der Waals surface area contributed by atoms with Crippen LogP contribution in [0.3, 0.4) is 0 Å². The lowest BCUT2D eigenvalue weighted by Crippen LogP contribution is -2.27. The van der Waals surface area contributed by atoms with Crippen molar-refractivity contribution in [3.8, 4) is 11.1 Å². The SMILES string of the molecule is C/C=C\C1=C(C)C(C)(C)c2cc(C)ccc21.C/C=C\C1=C(CC)c2ccccc2C12C1=CCCC=C1c1ccc(C)cc12.Cc1ccccc1-c1ccccc1. The fourth-order valence-corrected chi connectivity index (χ4v) is 9.62. The topological polar surface area (TPSA) is 0 Å². The van der Waals surface area contributed by atoms with Crippen molar-refractivity contribution in [3.05, 3.63) is 219 Å². The van der Waals surface area contributed by atoms with Gasteiger partial charge in [-0.3, -0.25) is 0 Å². The van der Waals surface area contributed by atoms with Crippen LogP contribution in [-0.4, -0.2) is 0 Å². The summed E-state index contributed by atoms with van der Waals surface area (Å²) in [6, 6.07) is 41.9. The zero-order valence-electron chi connectivity index (χ0n) is 35.1. The number of allylic oxidation sites excluding steroid dienone is 12. The van der Waals surface area contributed by atoms with E-state index >= 15 is 0 Å². The third-order valence-electron chi connectivity index (χ3n) is 12.5. The Labute approximate surface area is 337 Å². The summed E-state index contributed by atoms with van der Waals surface area (Å²) in [6.07, 6.45) is 17.3. The molecule has 0 amide bonds. The molecule has 4 aliphatic rings. The Morgan fingerprint density at radius 3 is 1.86 bits per heavy atom. The molecule has 0 radical (unpaired) electrons. The van der Waals surface area contributed by atoms with Gasteiger partial charge >= 0.3 is 0 Å². The van der Waals surface area contributed by atoms with Crippen LogP contribution < -0.4 is 0 Å². The first kappa shape index (κ1) is 38.8. The number of hydrogen-bond acceptors (Lipinski definition) is 0. The second-order valence-corrected chi connectivity index (χ2v) is 16.3. The van der Waals surface area contributed by atoms with Gasteiger partial charge in [-0.2, -0.15) is 0 Å². The van der Waals surface area contributed by atoms with Crippen LogP contribution in [0.2, 0.25) is 0 Å². The van der Waals surface area contributed by atoms with Crippen LogP contribution in [-0.2, 0) is 10.8 Å². The van der Waals surface area contributed by atoms with Crippen LogP contribution >= 0.6 is 0 Å². The summed E-state index contributed by atoms with van der Waals surface area (Å²) in [6.45, 7) is 19.9. The van der Waals surface area contributed by atoms with Gasteiger partial charge in [-0.25, -0.2) is 0 Å². The number of fused-ring (bicyclic) bond motifs is 8. The summed E-state index contributed by atoms with van der Waals surface area (Å²) in [5.74, 6) is 0. The molecule has 0 heterocycles. The van der Waals surface area contributed by atoms with Gasteiger partial charge in [0.1, 0.15) is 0 Å². The van der Waals surface area contributed by atoms with E-state index in [2.05, 4.69) is 208 Å². The van der Waals surface area contributed by atoms with Crippen molar-refractivity contribution >= 4 is 16.7 Å². The number of rotatable bonds is 4. The van der Waals surface area contributed by atoms with Crippen molar-refractivity contribution < 1.29 is 0 Å². The number of benzene rings is 5. The maximum atomic E-state index is 2.52. The van der Waals surface area contributed by atoms with E-state index < -0.39 is 0 Å². The smallest absolute Gasteiger partial charge is 0.0719 e. The van der Waals surface area contributed by atoms with Gasteiger partial charge in [0.25, 0.3) is 0 Å². The average Bonchev–Trinajstić information content (AvgIpc) is 3.73. The number of hydrogen-bond donors (Lipinski definition) is 0. The van der Waals surface area contributed by atoms with E-state index in [0.29, 0.717) is 0 Å². The molecule has 0 aromatic heterocycles. The van der Waals surface area contributed by atoms with E-state index in [0.717, 1.165) is 19.3 Å². The number of aryl methyl sites for hydroxylation is 3. The summed E-state index contributed by atoms with van der Waals surface area (Å²) < 4.78 is 0. The molecule has 0 nitrogen and oxygen atoms in total.